The maximum Gasteiger partial charge on any atom is 0.113 e. The molecule has 13 heavy (non-hydrogen) atoms. The molecule has 0 bridgehead atoms. The van der Waals surface area contributed by atoms with Gasteiger partial charge >= 0.3 is 0 Å². The Morgan fingerprint density at radius 1 is 1.23 bits per heavy atom. The Balaban J connectivity index is 2.17. The summed E-state index contributed by atoms with van der Waals surface area (Å²) < 4.78 is 13.3. The van der Waals surface area contributed by atoms with Crippen molar-refractivity contribution in [3.8, 4) is 0 Å². The lowest BCUT2D eigenvalue weighted by Crippen LogP contribution is -2.22. The summed E-state index contributed by atoms with van der Waals surface area (Å²) in [5.74, 6) is 0.658. The van der Waals surface area contributed by atoms with Gasteiger partial charge in [-0.1, -0.05) is 38.5 Å². The van der Waals surface area contributed by atoms with E-state index in [1.807, 2.05) is 7.05 Å². The number of alkyl halides is 1. The van der Waals surface area contributed by atoms with E-state index in [0.717, 1.165) is 6.42 Å². The summed E-state index contributed by atoms with van der Waals surface area (Å²) in [6.45, 7) is 0.524. The predicted octanol–water partition coefficient (Wildman–Crippen LogP) is 2.90. The Morgan fingerprint density at radius 3 is 2.38 bits per heavy atom. The molecule has 1 atom stereocenters. The minimum atomic E-state index is -0.631. The quantitative estimate of drug-likeness (QED) is 0.667. The zero-order chi connectivity index (χ0) is 9.52. The van der Waals surface area contributed by atoms with E-state index in [9.17, 15) is 4.39 Å². The maximum atomic E-state index is 13.3. The molecule has 0 radical (unpaired) electrons. The second-order valence-corrected chi connectivity index (χ2v) is 4.25. The molecule has 1 unspecified atom stereocenters. The maximum absolute atomic E-state index is 13.3. The molecule has 0 spiro atoms. The second-order valence-electron chi connectivity index (χ2n) is 4.25. The van der Waals surface area contributed by atoms with Crippen molar-refractivity contribution in [2.75, 3.05) is 13.6 Å². The van der Waals surface area contributed by atoms with Gasteiger partial charge in [-0.3, -0.25) is 0 Å². The fourth-order valence-electron chi connectivity index (χ4n) is 2.27. The molecule has 0 saturated heterocycles. The summed E-state index contributed by atoms with van der Waals surface area (Å²) in [4.78, 5) is 0. The van der Waals surface area contributed by atoms with E-state index in [1.165, 1.54) is 38.5 Å². The molecule has 1 fully saturated rings. The number of halogens is 1. The molecule has 78 valence electrons. The average molecular weight is 187 g/mol. The highest BCUT2D eigenvalue weighted by Crippen LogP contribution is 2.26. The van der Waals surface area contributed by atoms with Crippen molar-refractivity contribution in [2.45, 2.75) is 51.1 Å². The molecule has 1 N–H and O–H groups in total. The van der Waals surface area contributed by atoms with Crippen molar-refractivity contribution in [3.63, 3.8) is 0 Å². The van der Waals surface area contributed by atoms with Crippen molar-refractivity contribution in [1.29, 1.82) is 0 Å². The van der Waals surface area contributed by atoms with E-state index in [4.69, 9.17) is 0 Å². The summed E-state index contributed by atoms with van der Waals surface area (Å²) in [5.41, 5.74) is 0. The van der Waals surface area contributed by atoms with Crippen LogP contribution in [-0.4, -0.2) is 19.8 Å². The highest BCUT2D eigenvalue weighted by molar-refractivity contribution is 4.69. The largest absolute Gasteiger partial charge is 0.317 e. The van der Waals surface area contributed by atoms with Gasteiger partial charge in [0, 0.05) is 6.54 Å². The second kappa shape index (κ2) is 6.36. The average Bonchev–Trinajstić information content (AvgIpc) is 2.33. The van der Waals surface area contributed by atoms with Gasteiger partial charge < -0.3 is 5.32 Å². The summed E-state index contributed by atoms with van der Waals surface area (Å²) in [7, 11) is 1.82. The molecule has 1 nitrogen and oxygen atoms in total. The van der Waals surface area contributed by atoms with Gasteiger partial charge in [-0.25, -0.2) is 4.39 Å². The lowest BCUT2D eigenvalue weighted by Gasteiger charge is -2.16. The van der Waals surface area contributed by atoms with Crippen molar-refractivity contribution in [2.24, 2.45) is 5.92 Å². The molecule has 2 heteroatoms. The summed E-state index contributed by atoms with van der Waals surface area (Å²) in [6.07, 6.45) is 8.01. The van der Waals surface area contributed by atoms with E-state index in [-0.39, 0.29) is 0 Å². The molecule has 1 aliphatic carbocycles. The molecule has 0 aromatic carbocycles. The highest BCUT2D eigenvalue weighted by Gasteiger charge is 2.16. The van der Waals surface area contributed by atoms with Crippen molar-refractivity contribution in [3.05, 3.63) is 0 Å². The lowest BCUT2D eigenvalue weighted by atomic mass is 9.94. The molecule has 0 amide bonds. The van der Waals surface area contributed by atoms with Crippen LogP contribution in [0.3, 0.4) is 0 Å². The van der Waals surface area contributed by atoms with E-state index in [1.54, 1.807) is 0 Å². The topological polar surface area (TPSA) is 12.0 Å². The van der Waals surface area contributed by atoms with Crippen LogP contribution in [0.1, 0.15) is 44.9 Å². The molecule has 1 rings (SSSR count). The first-order chi connectivity index (χ1) is 6.33. The first-order valence-corrected chi connectivity index (χ1v) is 5.61. The number of nitrogens with one attached hydrogen (secondary N) is 1. The third kappa shape index (κ3) is 4.61. The molecule has 1 saturated carbocycles. The minimum Gasteiger partial charge on any atom is -0.317 e. The lowest BCUT2D eigenvalue weighted by molar-refractivity contribution is 0.250. The van der Waals surface area contributed by atoms with Gasteiger partial charge in [-0.05, 0) is 19.4 Å². The molecule has 0 heterocycles. The van der Waals surface area contributed by atoms with E-state index in [0.29, 0.717) is 12.5 Å². The van der Waals surface area contributed by atoms with Crippen LogP contribution in [0.2, 0.25) is 0 Å². The number of rotatable bonds is 4. The normalized spacial score (nSPS) is 22.6. The smallest absolute Gasteiger partial charge is 0.113 e. The number of hydrogen-bond donors (Lipinski definition) is 1. The zero-order valence-electron chi connectivity index (χ0n) is 8.69. The predicted molar refractivity (Wildman–Crippen MR) is 54.6 cm³/mol. The third-order valence-electron chi connectivity index (χ3n) is 2.99. The molecule has 0 aromatic rings. The fourth-order valence-corrected chi connectivity index (χ4v) is 2.27. The fraction of sp³-hybridized carbons (Fsp3) is 1.00. The Labute approximate surface area is 81.1 Å². The number of hydrogen-bond acceptors (Lipinski definition) is 1. The van der Waals surface area contributed by atoms with Crippen LogP contribution in [0.15, 0.2) is 0 Å². The van der Waals surface area contributed by atoms with Crippen molar-refractivity contribution < 1.29 is 4.39 Å². The molecular weight excluding hydrogens is 165 g/mol. The summed E-state index contributed by atoms with van der Waals surface area (Å²) in [5, 5.41) is 2.90. The first-order valence-electron chi connectivity index (χ1n) is 5.61. The van der Waals surface area contributed by atoms with Crippen LogP contribution in [0, 0.1) is 5.92 Å². The van der Waals surface area contributed by atoms with Crippen LogP contribution in [0.5, 0.6) is 0 Å². The van der Waals surface area contributed by atoms with Crippen molar-refractivity contribution >= 4 is 0 Å². The van der Waals surface area contributed by atoms with Crippen LogP contribution >= 0.6 is 0 Å². The van der Waals surface area contributed by atoms with Gasteiger partial charge in [0.1, 0.15) is 6.17 Å². The highest BCUT2D eigenvalue weighted by atomic mass is 19.1. The van der Waals surface area contributed by atoms with E-state index >= 15 is 0 Å². The molecule has 0 aromatic heterocycles. The van der Waals surface area contributed by atoms with E-state index in [2.05, 4.69) is 5.32 Å². The van der Waals surface area contributed by atoms with E-state index < -0.39 is 6.17 Å². The van der Waals surface area contributed by atoms with Crippen LogP contribution in [0.25, 0.3) is 0 Å². The van der Waals surface area contributed by atoms with Crippen LogP contribution < -0.4 is 5.32 Å². The van der Waals surface area contributed by atoms with Gasteiger partial charge in [-0.2, -0.15) is 0 Å². The Kier molecular flexibility index (Phi) is 5.37. The third-order valence-corrected chi connectivity index (χ3v) is 2.99. The Bertz CT molecular complexity index is 119. The SMILES string of the molecule is CNCC(F)CC1CCCCCC1. The standard InChI is InChI=1S/C11H22FN/c1-13-9-11(12)8-10-6-4-2-3-5-7-10/h10-11,13H,2-9H2,1H3. The van der Waals surface area contributed by atoms with Crippen LogP contribution in [-0.2, 0) is 0 Å². The molecule has 1 aliphatic rings. The van der Waals surface area contributed by atoms with Gasteiger partial charge in [0.25, 0.3) is 0 Å². The minimum absolute atomic E-state index is 0.524. The van der Waals surface area contributed by atoms with Gasteiger partial charge in [0.05, 0.1) is 0 Å². The van der Waals surface area contributed by atoms with Gasteiger partial charge in [0.2, 0.25) is 0 Å². The summed E-state index contributed by atoms with van der Waals surface area (Å²) in [6, 6.07) is 0. The van der Waals surface area contributed by atoms with Crippen LogP contribution in [0.4, 0.5) is 4.39 Å². The van der Waals surface area contributed by atoms with Crippen molar-refractivity contribution in [1.82, 2.24) is 5.32 Å². The van der Waals surface area contributed by atoms with Gasteiger partial charge in [0.15, 0.2) is 0 Å². The Hall–Kier alpha value is -0.110. The first kappa shape index (κ1) is 11.0. The van der Waals surface area contributed by atoms with Gasteiger partial charge in [-0.15, -0.1) is 0 Å². The zero-order valence-corrected chi connectivity index (χ0v) is 8.69. The molecule has 0 aliphatic heterocycles. The summed E-state index contributed by atoms with van der Waals surface area (Å²) >= 11 is 0. The monoisotopic (exact) mass is 187 g/mol. The molecular formula is C11H22FN. The Morgan fingerprint density at radius 2 is 1.85 bits per heavy atom.